The Morgan fingerprint density at radius 3 is 2.85 bits per heavy atom. The monoisotopic (exact) mass is 361 g/mol. The SMILES string of the molecule is CO[Si](C)(C)CCCSSSc1nc2ccccc2s1. The quantitative estimate of drug-likeness (QED) is 0.329. The van der Waals surface area contributed by atoms with Crippen molar-refractivity contribution in [2.24, 2.45) is 0 Å². The normalized spacial score (nSPS) is 12.2. The Morgan fingerprint density at radius 1 is 1.30 bits per heavy atom. The number of nitrogens with zero attached hydrogens (tertiary/aromatic N) is 1. The van der Waals surface area contributed by atoms with E-state index in [0.717, 1.165) is 9.86 Å². The van der Waals surface area contributed by atoms with Crippen LogP contribution in [0.1, 0.15) is 6.42 Å². The number of benzene rings is 1. The summed E-state index contributed by atoms with van der Waals surface area (Å²) in [6.45, 7) is 4.56. The first-order valence-corrected chi connectivity index (χ1v) is 14.1. The lowest BCUT2D eigenvalue weighted by molar-refractivity contribution is 0.403. The van der Waals surface area contributed by atoms with Crippen LogP contribution in [-0.2, 0) is 4.43 Å². The van der Waals surface area contributed by atoms with Crippen LogP contribution in [0.5, 0.6) is 0 Å². The van der Waals surface area contributed by atoms with Crippen molar-refractivity contribution < 1.29 is 4.43 Å². The van der Waals surface area contributed by atoms with Gasteiger partial charge in [0.2, 0.25) is 0 Å². The lowest BCUT2D eigenvalue weighted by atomic mass is 10.3. The Bertz CT molecular complexity index is 513. The fourth-order valence-electron chi connectivity index (χ4n) is 1.63. The summed E-state index contributed by atoms with van der Waals surface area (Å²) < 4.78 is 7.98. The third-order valence-corrected chi connectivity index (χ3v) is 11.1. The largest absolute Gasteiger partial charge is 0.420 e. The number of thiazole rings is 1. The summed E-state index contributed by atoms with van der Waals surface area (Å²) >= 11 is 1.77. The van der Waals surface area contributed by atoms with Crippen LogP contribution in [0.4, 0.5) is 0 Å². The Kier molecular flexibility index (Phi) is 6.76. The third kappa shape index (κ3) is 5.27. The predicted molar refractivity (Wildman–Crippen MR) is 99.4 cm³/mol. The summed E-state index contributed by atoms with van der Waals surface area (Å²) in [6.07, 6.45) is 1.24. The summed E-state index contributed by atoms with van der Waals surface area (Å²) in [5.74, 6) is 1.18. The highest BCUT2D eigenvalue weighted by molar-refractivity contribution is 9.09. The first-order valence-electron chi connectivity index (χ1n) is 6.47. The summed E-state index contributed by atoms with van der Waals surface area (Å²) in [6, 6.07) is 9.55. The maximum atomic E-state index is 5.56. The molecule has 0 aliphatic rings. The van der Waals surface area contributed by atoms with E-state index in [9.17, 15) is 0 Å². The molecule has 7 heteroatoms. The van der Waals surface area contributed by atoms with Crippen molar-refractivity contribution in [1.82, 2.24) is 4.98 Å². The highest BCUT2D eigenvalue weighted by atomic mass is 33.5. The van der Waals surface area contributed by atoms with E-state index >= 15 is 0 Å². The summed E-state index contributed by atoms with van der Waals surface area (Å²) in [4.78, 5) is 4.62. The first kappa shape index (κ1) is 16.7. The van der Waals surface area contributed by atoms with E-state index in [4.69, 9.17) is 4.43 Å². The Balaban J connectivity index is 1.66. The van der Waals surface area contributed by atoms with Crippen LogP contribution in [-0.4, -0.2) is 26.2 Å². The van der Waals surface area contributed by atoms with E-state index < -0.39 is 8.32 Å². The van der Waals surface area contributed by atoms with Gasteiger partial charge in [0, 0.05) is 12.9 Å². The molecule has 0 amide bonds. The van der Waals surface area contributed by atoms with Gasteiger partial charge in [-0.15, -0.1) is 11.3 Å². The summed E-state index contributed by atoms with van der Waals surface area (Å²) in [5.41, 5.74) is 1.11. The minimum Gasteiger partial charge on any atom is -0.420 e. The van der Waals surface area contributed by atoms with Gasteiger partial charge in [-0.2, -0.15) is 0 Å². The molecule has 0 atom stereocenters. The average molecular weight is 362 g/mol. The fourth-order valence-corrected chi connectivity index (χ4v) is 8.41. The molecule has 2 nitrogen and oxygen atoms in total. The lowest BCUT2D eigenvalue weighted by Gasteiger charge is -2.19. The second-order valence-corrected chi connectivity index (χ2v) is 14.9. The van der Waals surface area contributed by atoms with E-state index in [-0.39, 0.29) is 0 Å². The van der Waals surface area contributed by atoms with Gasteiger partial charge < -0.3 is 4.43 Å². The maximum Gasteiger partial charge on any atom is 0.186 e. The molecule has 1 aromatic carbocycles. The lowest BCUT2D eigenvalue weighted by Crippen LogP contribution is -2.28. The zero-order valence-corrected chi connectivity index (χ0v) is 16.2. The van der Waals surface area contributed by atoms with Gasteiger partial charge in [-0.25, -0.2) is 4.98 Å². The number of fused-ring (bicyclic) bond motifs is 1. The van der Waals surface area contributed by atoms with Crippen molar-refractivity contribution in [2.45, 2.75) is 29.9 Å². The average Bonchev–Trinajstić information content (AvgIpc) is 2.85. The highest BCUT2D eigenvalue weighted by Gasteiger charge is 2.19. The van der Waals surface area contributed by atoms with Crippen LogP contribution in [0, 0.1) is 0 Å². The molecule has 0 radical (unpaired) electrons. The number of aromatic nitrogens is 1. The van der Waals surface area contributed by atoms with Crippen molar-refractivity contribution in [1.29, 1.82) is 0 Å². The van der Waals surface area contributed by atoms with Crippen LogP contribution < -0.4 is 0 Å². The minimum absolute atomic E-state index is 1.11. The predicted octanol–water partition coefficient (Wildman–Crippen LogP) is 5.93. The Hall–Kier alpha value is 0.337. The van der Waals surface area contributed by atoms with Gasteiger partial charge >= 0.3 is 0 Å². The number of hydrogen-bond donors (Lipinski definition) is 0. The second-order valence-electron chi connectivity index (χ2n) is 4.99. The molecule has 2 rings (SSSR count). The summed E-state index contributed by atoms with van der Waals surface area (Å²) in [7, 11) is 6.02. The van der Waals surface area contributed by atoms with Crippen molar-refractivity contribution in [3.63, 3.8) is 0 Å². The Labute approximate surface area is 137 Å². The first-order chi connectivity index (χ1) is 9.61. The van der Waals surface area contributed by atoms with Crippen LogP contribution in [0.15, 0.2) is 28.6 Å². The number of para-hydroxylation sites is 1. The molecule has 0 aliphatic heterocycles. The molecule has 1 heterocycles. The fraction of sp³-hybridized carbons (Fsp3) is 0.462. The van der Waals surface area contributed by atoms with E-state index in [1.165, 1.54) is 22.9 Å². The van der Waals surface area contributed by atoms with E-state index in [2.05, 4.69) is 36.3 Å². The molecule has 0 saturated carbocycles. The molecular formula is C13H19NOS4Si. The maximum absolute atomic E-state index is 5.56. The molecule has 0 saturated heterocycles. The van der Waals surface area contributed by atoms with Crippen LogP contribution in [0.3, 0.4) is 0 Å². The molecule has 0 unspecified atom stereocenters. The van der Waals surface area contributed by atoms with Gasteiger partial charge in [0.15, 0.2) is 12.7 Å². The zero-order chi connectivity index (χ0) is 14.4. The van der Waals surface area contributed by atoms with E-state index in [1.807, 2.05) is 33.8 Å². The molecule has 1 aromatic heterocycles. The Morgan fingerprint density at radius 2 is 2.10 bits per heavy atom. The van der Waals surface area contributed by atoms with Crippen LogP contribution in [0.25, 0.3) is 10.2 Å². The number of rotatable bonds is 8. The van der Waals surface area contributed by atoms with Gasteiger partial charge in [-0.05, 0) is 58.3 Å². The van der Waals surface area contributed by atoms with E-state index in [1.54, 1.807) is 22.1 Å². The molecule has 0 N–H and O–H groups in total. The zero-order valence-electron chi connectivity index (χ0n) is 11.9. The smallest absolute Gasteiger partial charge is 0.186 e. The van der Waals surface area contributed by atoms with Crippen molar-refractivity contribution in [3.05, 3.63) is 24.3 Å². The van der Waals surface area contributed by atoms with Crippen LogP contribution >= 0.6 is 42.8 Å². The standard InChI is InChI=1S/C13H19NOS4Si/c1-15-20(2,3)10-6-9-16-19-18-13-14-11-7-4-5-8-12(11)17-13/h4-5,7-8H,6,9-10H2,1-3H3. The molecule has 0 spiro atoms. The minimum atomic E-state index is -1.36. The van der Waals surface area contributed by atoms with Gasteiger partial charge in [0.1, 0.15) is 0 Å². The van der Waals surface area contributed by atoms with Crippen molar-refractivity contribution in [3.8, 4) is 0 Å². The summed E-state index contributed by atoms with van der Waals surface area (Å²) in [5, 5.41) is 0. The van der Waals surface area contributed by atoms with Gasteiger partial charge in [-0.1, -0.05) is 22.9 Å². The van der Waals surface area contributed by atoms with Crippen molar-refractivity contribution >= 4 is 61.3 Å². The molecule has 20 heavy (non-hydrogen) atoms. The van der Waals surface area contributed by atoms with Crippen LogP contribution in [0.2, 0.25) is 19.1 Å². The van der Waals surface area contributed by atoms with Crippen molar-refractivity contribution in [2.75, 3.05) is 12.9 Å². The van der Waals surface area contributed by atoms with Gasteiger partial charge in [0.25, 0.3) is 0 Å². The molecular weight excluding hydrogens is 343 g/mol. The molecule has 0 fully saturated rings. The van der Waals surface area contributed by atoms with Gasteiger partial charge in [0.05, 0.1) is 10.2 Å². The third-order valence-electron chi connectivity index (χ3n) is 2.99. The highest BCUT2D eigenvalue weighted by Crippen LogP contribution is 2.43. The molecule has 0 bridgehead atoms. The van der Waals surface area contributed by atoms with E-state index in [0.29, 0.717) is 0 Å². The van der Waals surface area contributed by atoms with Gasteiger partial charge in [-0.3, -0.25) is 0 Å². The molecule has 2 aromatic rings. The number of hydrogen-bond acceptors (Lipinski definition) is 6. The second kappa shape index (κ2) is 8.10. The molecule has 0 aliphatic carbocycles. The molecule has 110 valence electrons. The topological polar surface area (TPSA) is 22.1 Å².